The number of hydrogen-bond acceptors (Lipinski definition) is 3. The van der Waals surface area contributed by atoms with Crippen LogP contribution >= 0.6 is 0 Å². The highest BCUT2D eigenvalue weighted by Gasteiger charge is 2.27. The lowest BCUT2D eigenvalue weighted by atomic mass is 9.80. The summed E-state index contributed by atoms with van der Waals surface area (Å²) in [4.78, 5) is 2.13. The Morgan fingerprint density at radius 1 is 1.00 bits per heavy atom. The zero-order chi connectivity index (χ0) is 9.80. The van der Waals surface area contributed by atoms with Gasteiger partial charge in [-0.25, -0.2) is 0 Å². The zero-order valence-electron chi connectivity index (χ0n) is 8.82. The first-order chi connectivity index (χ1) is 6.90. The van der Waals surface area contributed by atoms with Crippen molar-refractivity contribution in [2.24, 2.45) is 11.8 Å². The van der Waals surface area contributed by atoms with Crippen molar-refractivity contribution in [2.75, 3.05) is 33.0 Å². The highest BCUT2D eigenvalue weighted by molar-refractivity contribution is 4.78. The number of likely N-dealkylation sites (tertiary alicyclic amines) is 1. The molecule has 14 heavy (non-hydrogen) atoms. The summed E-state index contributed by atoms with van der Waals surface area (Å²) in [7, 11) is 0. The summed E-state index contributed by atoms with van der Waals surface area (Å²) in [5, 5.41) is 8.99. The van der Waals surface area contributed by atoms with E-state index in [0.29, 0.717) is 0 Å². The third kappa shape index (κ3) is 2.47. The molecule has 2 aliphatic heterocycles. The second-order valence-electron chi connectivity index (χ2n) is 4.55. The molecule has 0 radical (unpaired) electrons. The summed E-state index contributed by atoms with van der Waals surface area (Å²) in [6.07, 6.45) is 5.05. The van der Waals surface area contributed by atoms with Gasteiger partial charge in [-0.05, 0) is 37.5 Å². The minimum Gasteiger partial charge on any atom is -0.381 e. The van der Waals surface area contributed by atoms with Gasteiger partial charge in [0.05, 0.1) is 6.73 Å². The SMILES string of the molecule is OCN1CCC(C2CCOCC2)CC1. The normalized spacial score (nSPS) is 28.1. The van der Waals surface area contributed by atoms with Gasteiger partial charge in [0.2, 0.25) is 0 Å². The second kappa shape index (κ2) is 5.10. The van der Waals surface area contributed by atoms with Crippen molar-refractivity contribution in [1.29, 1.82) is 0 Å². The van der Waals surface area contributed by atoms with Crippen molar-refractivity contribution in [3.05, 3.63) is 0 Å². The van der Waals surface area contributed by atoms with Crippen molar-refractivity contribution in [1.82, 2.24) is 4.90 Å². The number of ether oxygens (including phenoxy) is 1. The predicted octanol–water partition coefficient (Wildman–Crippen LogP) is 1.07. The second-order valence-corrected chi connectivity index (χ2v) is 4.55. The lowest BCUT2D eigenvalue weighted by Crippen LogP contribution is -2.37. The molecule has 2 rings (SSSR count). The minimum absolute atomic E-state index is 0.237. The van der Waals surface area contributed by atoms with E-state index in [1.807, 2.05) is 0 Å². The molecule has 0 aliphatic carbocycles. The van der Waals surface area contributed by atoms with Gasteiger partial charge in [0.15, 0.2) is 0 Å². The van der Waals surface area contributed by atoms with E-state index in [0.717, 1.165) is 38.1 Å². The fourth-order valence-electron chi connectivity index (χ4n) is 2.75. The largest absolute Gasteiger partial charge is 0.381 e. The topological polar surface area (TPSA) is 32.7 Å². The Labute approximate surface area is 86.0 Å². The van der Waals surface area contributed by atoms with E-state index < -0.39 is 0 Å². The van der Waals surface area contributed by atoms with E-state index in [1.165, 1.54) is 25.7 Å². The van der Waals surface area contributed by atoms with Gasteiger partial charge < -0.3 is 9.84 Å². The molecule has 0 bridgehead atoms. The fraction of sp³-hybridized carbons (Fsp3) is 1.00. The molecular formula is C11H21NO2. The molecule has 0 spiro atoms. The molecule has 2 heterocycles. The molecule has 0 aromatic heterocycles. The lowest BCUT2D eigenvalue weighted by molar-refractivity contribution is 0.0160. The molecule has 0 saturated carbocycles. The molecule has 0 aromatic carbocycles. The quantitative estimate of drug-likeness (QED) is 0.722. The van der Waals surface area contributed by atoms with Crippen LogP contribution in [0.25, 0.3) is 0 Å². The summed E-state index contributed by atoms with van der Waals surface area (Å²) < 4.78 is 5.38. The third-order valence-corrected chi connectivity index (χ3v) is 3.76. The molecule has 0 atom stereocenters. The van der Waals surface area contributed by atoms with Gasteiger partial charge in [-0.2, -0.15) is 0 Å². The van der Waals surface area contributed by atoms with Crippen LogP contribution in [0.3, 0.4) is 0 Å². The van der Waals surface area contributed by atoms with Gasteiger partial charge >= 0.3 is 0 Å². The molecule has 1 N–H and O–H groups in total. The number of piperidine rings is 1. The Kier molecular flexibility index (Phi) is 3.79. The Hall–Kier alpha value is -0.120. The van der Waals surface area contributed by atoms with Gasteiger partial charge in [0, 0.05) is 26.3 Å². The van der Waals surface area contributed by atoms with E-state index in [9.17, 15) is 0 Å². The molecule has 3 nitrogen and oxygen atoms in total. The van der Waals surface area contributed by atoms with Crippen LogP contribution in [0.1, 0.15) is 25.7 Å². The van der Waals surface area contributed by atoms with Gasteiger partial charge in [-0.1, -0.05) is 0 Å². The molecule has 2 fully saturated rings. The van der Waals surface area contributed by atoms with E-state index in [2.05, 4.69) is 4.90 Å². The Balaban J connectivity index is 1.76. The number of aliphatic hydroxyl groups excluding tert-OH is 1. The summed E-state index contributed by atoms with van der Waals surface area (Å²) >= 11 is 0. The molecule has 3 heteroatoms. The first-order valence-electron chi connectivity index (χ1n) is 5.81. The standard InChI is InChI=1S/C11H21NO2/c13-9-12-5-1-10(2-6-12)11-3-7-14-8-4-11/h10-11,13H,1-9H2. The Morgan fingerprint density at radius 3 is 2.14 bits per heavy atom. The number of nitrogens with zero attached hydrogens (tertiary/aromatic N) is 1. The highest BCUT2D eigenvalue weighted by Crippen LogP contribution is 2.31. The zero-order valence-corrected chi connectivity index (χ0v) is 8.82. The van der Waals surface area contributed by atoms with Crippen LogP contribution in [-0.4, -0.2) is 43.0 Å². The molecule has 0 aromatic rings. The van der Waals surface area contributed by atoms with E-state index in [-0.39, 0.29) is 6.73 Å². The Bertz CT molecular complexity index is 161. The van der Waals surface area contributed by atoms with Crippen molar-refractivity contribution < 1.29 is 9.84 Å². The van der Waals surface area contributed by atoms with Crippen LogP contribution in [0.5, 0.6) is 0 Å². The van der Waals surface area contributed by atoms with Crippen LogP contribution in [-0.2, 0) is 4.74 Å². The maximum absolute atomic E-state index is 8.99. The van der Waals surface area contributed by atoms with Crippen molar-refractivity contribution in [2.45, 2.75) is 25.7 Å². The van der Waals surface area contributed by atoms with Crippen molar-refractivity contribution in [3.8, 4) is 0 Å². The average molecular weight is 199 g/mol. The Morgan fingerprint density at radius 2 is 1.57 bits per heavy atom. The third-order valence-electron chi connectivity index (χ3n) is 3.76. The van der Waals surface area contributed by atoms with Gasteiger partial charge in [0.1, 0.15) is 0 Å². The molecule has 0 amide bonds. The van der Waals surface area contributed by atoms with Gasteiger partial charge in [0.25, 0.3) is 0 Å². The molecular weight excluding hydrogens is 178 g/mol. The smallest absolute Gasteiger partial charge is 0.0956 e. The van der Waals surface area contributed by atoms with Crippen LogP contribution in [0.4, 0.5) is 0 Å². The summed E-state index contributed by atoms with van der Waals surface area (Å²) in [6, 6.07) is 0. The maximum atomic E-state index is 8.99. The van der Waals surface area contributed by atoms with E-state index in [4.69, 9.17) is 9.84 Å². The number of rotatable bonds is 2. The lowest BCUT2D eigenvalue weighted by Gasteiger charge is -2.36. The molecule has 2 aliphatic rings. The summed E-state index contributed by atoms with van der Waals surface area (Å²) in [5.41, 5.74) is 0. The van der Waals surface area contributed by atoms with Crippen molar-refractivity contribution in [3.63, 3.8) is 0 Å². The van der Waals surface area contributed by atoms with E-state index >= 15 is 0 Å². The first-order valence-corrected chi connectivity index (χ1v) is 5.81. The number of aliphatic hydroxyl groups is 1. The summed E-state index contributed by atoms with van der Waals surface area (Å²) in [6.45, 7) is 4.33. The van der Waals surface area contributed by atoms with Crippen LogP contribution in [0.2, 0.25) is 0 Å². The minimum atomic E-state index is 0.237. The highest BCUT2D eigenvalue weighted by atomic mass is 16.5. The predicted molar refractivity (Wildman–Crippen MR) is 54.9 cm³/mol. The van der Waals surface area contributed by atoms with Gasteiger partial charge in [-0.15, -0.1) is 0 Å². The van der Waals surface area contributed by atoms with Gasteiger partial charge in [-0.3, -0.25) is 4.90 Å². The molecule has 2 saturated heterocycles. The summed E-state index contributed by atoms with van der Waals surface area (Å²) in [5.74, 6) is 1.78. The monoisotopic (exact) mass is 199 g/mol. The molecule has 82 valence electrons. The van der Waals surface area contributed by atoms with E-state index in [1.54, 1.807) is 0 Å². The van der Waals surface area contributed by atoms with Crippen LogP contribution in [0.15, 0.2) is 0 Å². The van der Waals surface area contributed by atoms with Crippen LogP contribution in [0, 0.1) is 11.8 Å². The first kappa shape index (κ1) is 10.4. The average Bonchev–Trinajstić information content (AvgIpc) is 2.30. The van der Waals surface area contributed by atoms with Crippen LogP contribution < -0.4 is 0 Å². The number of hydrogen-bond donors (Lipinski definition) is 1. The van der Waals surface area contributed by atoms with Crippen molar-refractivity contribution >= 4 is 0 Å². The maximum Gasteiger partial charge on any atom is 0.0956 e. The molecule has 0 unspecified atom stereocenters. The fourth-order valence-corrected chi connectivity index (χ4v) is 2.75.